The molecule has 0 fully saturated rings. The van der Waals surface area contributed by atoms with E-state index in [9.17, 15) is 4.79 Å². The molecule has 24 heavy (non-hydrogen) atoms. The average Bonchev–Trinajstić information content (AvgIpc) is 3.04. The topological polar surface area (TPSA) is 106 Å². The number of aromatic amines is 1. The normalized spacial score (nSPS) is 11.4. The zero-order valence-electron chi connectivity index (χ0n) is 13.5. The van der Waals surface area contributed by atoms with E-state index in [-0.39, 0.29) is 18.3 Å². The van der Waals surface area contributed by atoms with Gasteiger partial charge in [0.15, 0.2) is 5.82 Å². The van der Waals surface area contributed by atoms with Crippen molar-refractivity contribution in [1.82, 2.24) is 15.2 Å². The third kappa shape index (κ3) is 5.45. The predicted octanol–water partition coefficient (Wildman–Crippen LogP) is 2.27. The maximum absolute atomic E-state index is 12.0. The SMILES string of the molecule is C=CCCOC(C)C(=O)Nc1ccc(-c2n[nH]c(CN)n2)cc1.Cl. The van der Waals surface area contributed by atoms with Crippen molar-refractivity contribution in [2.75, 3.05) is 11.9 Å². The Bertz CT molecular complexity index is 657. The highest BCUT2D eigenvalue weighted by Crippen LogP contribution is 2.18. The van der Waals surface area contributed by atoms with E-state index < -0.39 is 6.10 Å². The van der Waals surface area contributed by atoms with Gasteiger partial charge in [-0.05, 0) is 37.6 Å². The number of nitrogens with zero attached hydrogens (tertiary/aromatic N) is 2. The lowest BCUT2D eigenvalue weighted by molar-refractivity contribution is -0.126. The van der Waals surface area contributed by atoms with Crippen molar-refractivity contribution in [2.45, 2.75) is 26.0 Å². The number of aromatic nitrogens is 3. The summed E-state index contributed by atoms with van der Waals surface area (Å²) < 4.78 is 5.41. The molecule has 2 aromatic rings. The molecule has 0 spiro atoms. The Morgan fingerprint density at radius 2 is 2.17 bits per heavy atom. The number of ether oxygens (including phenoxy) is 1. The van der Waals surface area contributed by atoms with Crippen LogP contribution in [0, 0.1) is 0 Å². The van der Waals surface area contributed by atoms with E-state index in [1.165, 1.54) is 0 Å². The first-order chi connectivity index (χ1) is 11.1. The Morgan fingerprint density at radius 3 is 2.75 bits per heavy atom. The van der Waals surface area contributed by atoms with Crippen LogP contribution in [0.5, 0.6) is 0 Å². The Hall–Kier alpha value is -2.22. The number of rotatable bonds is 8. The first-order valence-corrected chi connectivity index (χ1v) is 7.39. The molecule has 0 saturated heterocycles. The zero-order valence-corrected chi connectivity index (χ0v) is 14.3. The number of carbonyl (C=O) groups is 1. The van der Waals surface area contributed by atoms with Crippen molar-refractivity contribution in [3.05, 3.63) is 42.7 Å². The fourth-order valence-electron chi connectivity index (χ4n) is 1.87. The molecular weight excluding hydrogens is 330 g/mol. The molecule has 4 N–H and O–H groups in total. The summed E-state index contributed by atoms with van der Waals surface area (Å²) in [5.41, 5.74) is 7.02. The summed E-state index contributed by atoms with van der Waals surface area (Å²) in [6.45, 7) is 6.12. The summed E-state index contributed by atoms with van der Waals surface area (Å²) in [6.07, 6.45) is 1.95. The zero-order chi connectivity index (χ0) is 16.7. The lowest BCUT2D eigenvalue weighted by Crippen LogP contribution is -2.27. The molecule has 1 heterocycles. The summed E-state index contributed by atoms with van der Waals surface area (Å²) in [5.74, 6) is 1.01. The van der Waals surface area contributed by atoms with Gasteiger partial charge in [0, 0.05) is 11.3 Å². The van der Waals surface area contributed by atoms with Crippen molar-refractivity contribution in [3.63, 3.8) is 0 Å². The Balaban J connectivity index is 0.00000288. The van der Waals surface area contributed by atoms with Gasteiger partial charge in [0.2, 0.25) is 0 Å². The highest BCUT2D eigenvalue weighted by Gasteiger charge is 2.13. The van der Waals surface area contributed by atoms with Gasteiger partial charge in [-0.1, -0.05) is 6.08 Å². The van der Waals surface area contributed by atoms with Gasteiger partial charge in [-0.15, -0.1) is 19.0 Å². The van der Waals surface area contributed by atoms with E-state index in [0.717, 1.165) is 5.56 Å². The highest BCUT2D eigenvalue weighted by atomic mass is 35.5. The van der Waals surface area contributed by atoms with Gasteiger partial charge in [0.1, 0.15) is 11.9 Å². The summed E-state index contributed by atoms with van der Waals surface area (Å²) in [6, 6.07) is 7.26. The van der Waals surface area contributed by atoms with E-state index >= 15 is 0 Å². The Labute approximate surface area is 147 Å². The number of anilines is 1. The maximum Gasteiger partial charge on any atom is 0.253 e. The first-order valence-electron chi connectivity index (χ1n) is 7.39. The molecule has 0 aliphatic rings. The number of carbonyl (C=O) groups excluding carboxylic acids is 1. The van der Waals surface area contributed by atoms with Crippen LogP contribution in [0.4, 0.5) is 5.69 Å². The molecule has 0 radical (unpaired) electrons. The van der Waals surface area contributed by atoms with Gasteiger partial charge >= 0.3 is 0 Å². The molecule has 0 aliphatic carbocycles. The fraction of sp³-hybridized carbons (Fsp3) is 0.312. The van der Waals surface area contributed by atoms with Crippen LogP contribution in [0.15, 0.2) is 36.9 Å². The molecule has 0 bridgehead atoms. The Kier molecular flexibility index (Phi) is 8.11. The average molecular weight is 352 g/mol. The van der Waals surface area contributed by atoms with Crippen LogP contribution in [0.3, 0.4) is 0 Å². The van der Waals surface area contributed by atoms with Gasteiger partial charge in [0.25, 0.3) is 5.91 Å². The Morgan fingerprint density at radius 1 is 1.46 bits per heavy atom. The van der Waals surface area contributed by atoms with Gasteiger partial charge in [0.05, 0.1) is 13.2 Å². The summed E-state index contributed by atoms with van der Waals surface area (Å²) in [7, 11) is 0. The van der Waals surface area contributed by atoms with Crippen LogP contribution in [0.2, 0.25) is 0 Å². The van der Waals surface area contributed by atoms with Crippen molar-refractivity contribution in [1.29, 1.82) is 0 Å². The number of H-pyrrole nitrogens is 1. The van der Waals surface area contributed by atoms with Crippen molar-refractivity contribution < 1.29 is 9.53 Å². The molecule has 0 saturated carbocycles. The summed E-state index contributed by atoms with van der Waals surface area (Å²) >= 11 is 0. The minimum absolute atomic E-state index is 0. The largest absolute Gasteiger partial charge is 0.368 e. The standard InChI is InChI=1S/C16H21N5O2.ClH/c1-3-4-9-23-11(2)16(22)18-13-7-5-12(6-8-13)15-19-14(10-17)20-21-15;/h3,5-8,11H,1,4,9-10,17H2,2H3,(H,18,22)(H,19,20,21);1H. The monoisotopic (exact) mass is 351 g/mol. The number of benzene rings is 1. The second kappa shape index (κ2) is 9.82. The molecule has 1 aromatic carbocycles. The van der Waals surface area contributed by atoms with Gasteiger partial charge in [-0.3, -0.25) is 9.89 Å². The number of halogens is 1. The van der Waals surface area contributed by atoms with Crippen LogP contribution >= 0.6 is 12.4 Å². The second-order valence-electron chi connectivity index (χ2n) is 4.97. The second-order valence-corrected chi connectivity index (χ2v) is 4.97. The molecule has 0 aliphatic heterocycles. The van der Waals surface area contributed by atoms with Gasteiger partial charge in [-0.2, -0.15) is 5.10 Å². The number of nitrogens with two attached hydrogens (primary N) is 1. The number of amides is 1. The van der Waals surface area contributed by atoms with Gasteiger partial charge in [-0.25, -0.2) is 4.98 Å². The van der Waals surface area contributed by atoms with Crippen LogP contribution in [-0.2, 0) is 16.1 Å². The molecular formula is C16H22ClN5O2. The third-order valence-electron chi connectivity index (χ3n) is 3.19. The van der Waals surface area contributed by atoms with Crippen molar-refractivity contribution >= 4 is 24.0 Å². The lowest BCUT2D eigenvalue weighted by atomic mass is 10.2. The third-order valence-corrected chi connectivity index (χ3v) is 3.19. The van der Waals surface area contributed by atoms with Crippen molar-refractivity contribution in [2.24, 2.45) is 5.73 Å². The van der Waals surface area contributed by atoms with Crippen molar-refractivity contribution in [3.8, 4) is 11.4 Å². The number of nitrogens with one attached hydrogen (secondary N) is 2. The van der Waals surface area contributed by atoms with Crippen LogP contribution in [0.1, 0.15) is 19.2 Å². The molecule has 1 amide bonds. The van der Waals surface area contributed by atoms with Crippen LogP contribution in [0.25, 0.3) is 11.4 Å². The smallest absolute Gasteiger partial charge is 0.253 e. The summed E-state index contributed by atoms with van der Waals surface area (Å²) in [5, 5.41) is 9.65. The molecule has 7 nitrogen and oxygen atoms in total. The van der Waals surface area contributed by atoms with E-state index in [2.05, 4.69) is 27.1 Å². The molecule has 2 rings (SSSR count). The lowest BCUT2D eigenvalue weighted by Gasteiger charge is -2.13. The quantitative estimate of drug-likeness (QED) is 0.499. The minimum atomic E-state index is -0.519. The molecule has 130 valence electrons. The molecule has 1 aromatic heterocycles. The van der Waals surface area contributed by atoms with E-state index in [0.29, 0.717) is 36.9 Å². The molecule has 1 atom stereocenters. The van der Waals surface area contributed by atoms with Crippen LogP contribution in [-0.4, -0.2) is 33.8 Å². The fourth-order valence-corrected chi connectivity index (χ4v) is 1.87. The van der Waals surface area contributed by atoms with Crippen LogP contribution < -0.4 is 11.1 Å². The number of hydrogen-bond acceptors (Lipinski definition) is 5. The van der Waals surface area contributed by atoms with E-state index in [4.69, 9.17) is 10.5 Å². The van der Waals surface area contributed by atoms with E-state index in [1.54, 1.807) is 25.1 Å². The summed E-state index contributed by atoms with van der Waals surface area (Å²) in [4.78, 5) is 16.3. The van der Waals surface area contributed by atoms with Gasteiger partial charge < -0.3 is 15.8 Å². The predicted molar refractivity (Wildman–Crippen MR) is 95.8 cm³/mol. The molecule has 8 heteroatoms. The highest BCUT2D eigenvalue weighted by molar-refractivity contribution is 5.94. The minimum Gasteiger partial charge on any atom is -0.368 e. The maximum atomic E-state index is 12.0. The van der Waals surface area contributed by atoms with E-state index in [1.807, 2.05) is 12.1 Å². The molecule has 1 unspecified atom stereocenters. The first kappa shape index (κ1) is 19.8. The number of hydrogen-bond donors (Lipinski definition) is 3.